The Hall–Kier alpha value is -2.44. The Morgan fingerprint density at radius 2 is 1.73 bits per heavy atom. The van der Waals surface area contributed by atoms with Gasteiger partial charge in [-0.1, -0.05) is 45.0 Å². The van der Waals surface area contributed by atoms with Gasteiger partial charge in [0, 0.05) is 30.3 Å². The van der Waals surface area contributed by atoms with Crippen molar-refractivity contribution in [1.82, 2.24) is 9.88 Å². The van der Waals surface area contributed by atoms with Crippen molar-refractivity contribution >= 4 is 11.8 Å². The summed E-state index contributed by atoms with van der Waals surface area (Å²) in [5.74, 6) is 0.423. The lowest BCUT2D eigenvalue weighted by Crippen LogP contribution is -2.63. The molecule has 1 atom stereocenters. The standard InChI is InChI=1S/C27H35N3O3/c1-19(2)20-7-9-21(10-8-20)27(32,25(3)16-29(4)17-25)22-13-23(15-28-14-22)30-18-26(33-24(30)31)11-5-6-12-26/h7-10,13-15,19,32H,5-6,11-12,16-18H2,1-4H3/t27-/m0/s1. The van der Waals surface area contributed by atoms with Crippen LogP contribution in [0.4, 0.5) is 10.5 Å². The second-order valence-corrected chi connectivity index (χ2v) is 11.0. The number of ether oxygens (including phenoxy) is 1. The quantitative estimate of drug-likeness (QED) is 0.719. The minimum atomic E-state index is -1.23. The van der Waals surface area contributed by atoms with Crippen molar-refractivity contribution in [3.63, 3.8) is 0 Å². The molecule has 0 unspecified atom stereocenters. The van der Waals surface area contributed by atoms with Crippen LogP contribution in [0.5, 0.6) is 0 Å². The molecule has 2 saturated heterocycles. The molecule has 1 N–H and O–H groups in total. The van der Waals surface area contributed by atoms with Crippen LogP contribution in [-0.2, 0) is 10.3 Å². The lowest BCUT2D eigenvalue weighted by Gasteiger charge is -2.56. The van der Waals surface area contributed by atoms with Crippen LogP contribution >= 0.6 is 0 Å². The van der Waals surface area contributed by atoms with Gasteiger partial charge in [0.2, 0.25) is 0 Å². The van der Waals surface area contributed by atoms with Gasteiger partial charge in [0.1, 0.15) is 11.2 Å². The molecule has 3 fully saturated rings. The van der Waals surface area contributed by atoms with Crippen molar-refractivity contribution in [1.29, 1.82) is 0 Å². The first-order valence-electron chi connectivity index (χ1n) is 12.1. The monoisotopic (exact) mass is 449 g/mol. The van der Waals surface area contributed by atoms with Gasteiger partial charge in [-0.15, -0.1) is 0 Å². The number of rotatable bonds is 5. The zero-order valence-corrected chi connectivity index (χ0v) is 20.2. The molecule has 1 saturated carbocycles. The van der Waals surface area contributed by atoms with Crippen molar-refractivity contribution in [3.05, 3.63) is 59.4 Å². The normalized spacial score (nSPS) is 23.6. The molecule has 176 valence electrons. The number of pyridine rings is 1. The fourth-order valence-electron chi connectivity index (χ4n) is 6.22. The van der Waals surface area contributed by atoms with Crippen LogP contribution in [-0.4, -0.2) is 53.4 Å². The molecule has 1 aromatic carbocycles. The van der Waals surface area contributed by atoms with Crippen molar-refractivity contribution in [2.75, 3.05) is 31.6 Å². The lowest BCUT2D eigenvalue weighted by atomic mass is 9.62. The molecule has 1 amide bonds. The van der Waals surface area contributed by atoms with E-state index in [0.717, 1.165) is 44.3 Å². The zero-order valence-electron chi connectivity index (χ0n) is 20.2. The molecule has 0 bridgehead atoms. The highest BCUT2D eigenvalue weighted by Gasteiger charge is 2.55. The molecule has 2 aromatic rings. The van der Waals surface area contributed by atoms with Gasteiger partial charge >= 0.3 is 6.09 Å². The number of hydrogen-bond donors (Lipinski definition) is 1. The average Bonchev–Trinajstić information content (AvgIpc) is 3.37. The average molecular weight is 450 g/mol. The Bertz CT molecular complexity index is 1040. The third-order valence-electron chi connectivity index (χ3n) is 8.04. The van der Waals surface area contributed by atoms with Crippen LogP contribution in [0, 0.1) is 5.41 Å². The molecule has 2 aliphatic heterocycles. The first-order chi connectivity index (χ1) is 15.7. The summed E-state index contributed by atoms with van der Waals surface area (Å²) in [5.41, 5.74) is 1.54. The number of likely N-dealkylation sites (tertiary alicyclic amines) is 1. The largest absolute Gasteiger partial charge is 0.441 e. The SMILES string of the molecule is CC(C)c1ccc([C@](O)(c2cncc(N3CC4(CCCC4)OC3=O)c2)C2(C)CN(C)C2)cc1. The van der Waals surface area contributed by atoms with Crippen LogP contribution in [0.1, 0.15) is 69.1 Å². The summed E-state index contributed by atoms with van der Waals surface area (Å²) < 4.78 is 5.83. The van der Waals surface area contributed by atoms with Crippen molar-refractivity contribution < 1.29 is 14.6 Å². The van der Waals surface area contributed by atoms with Crippen LogP contribution in [0.3, 0.4) is 0 Å². The first-order valence-corrected chi connectivity index (χ1v) is 12.1. The molecule has 1 spiro atoms. The Balaban J connectivity index is 1.54. The number of benzene rings is 1. The topological polar surface area (TPSA) is 65.9 Å². The van der Waals surface area contributed by atoms with E-state index in [9.17, 15) is 9.90 Å². The Labute approximate surface area is 196 Å². The Morgan fingerprint density at radius 3 is 2.33 bits per heavy atom. The number of carbonyl (C=O) groups is 1. The highest BCUT2D eigenvalue weighted by atomic mass is 16.6. The molecule has 6 nitrogen and oxygen atoms in total. The predicted octanol–water partition coefficient (Wildman–Crippen LogP) is 4.66. The van der Waals surface area contributed by atoms with Gasteiger partial charge in [-0.3, -0.25) is 9.88 Å². The van der Waals surface area contributed by atoms with E-state index in [1.807, 2.05) is 18.2 Å². The van der Waals surface area contributed by atoms with E-state index in [1.54, 1.807) is 17.3 Å². The highest BCUT2D eigenvalue weighted by molar-refractivity contribution is 5.90. The molecule has 1 aromatic heterocycles. The Kier molecular flexibility index (Phi) is 5.29. The van der Waals surface area contributed by atoms with Crippen molar-refractivity contribution in [2.45, 2.75) is 63.6 Å². The van der Waals surface area contributed by atoms with Gasteiger partial charge < -0.3 is 14.7 Å². The van der Waals surface area contributed by atoms with Crippen molar-refractivity contribution in [3.8, 4) is 0 Å². The van der Waals surface area contributed by atoms with E-state index >= 15 is 0 Å². The zero-order chi connectivity index (χ0) is 23.4. The van der Waals surface area contributed by atoms with Gasteiger partial charge in [-0.25, -0.2) is 4.79 Å². The molecule has 0 radical (unpaired) electrons. The van der Waals surface area contributed by atoms with Gasteiger partial charge in [0.05, 0.1) is 18.4 Å². The van der Waals surface area contributed by atoms with Gasteiger partial charge in [-0.2, -0.15) is 0 Å². The van der Waals surface area contributed by atoms with Crippen LogP contribution < -0.4 is 4.90 Å². The number of anilines is 1. The smallest absolute Gasteiger partial charge is 0.415 e. The third kappa shape index (κ3) is 3.55. The maximum Gasteiger partial charge on any atom is 0.415 e. The summed E-state index contributed by atoms with van der Waals surface area (Å²) >= 11 is 0. The number of hydrogen-bond acceptors (Lipinski definition) is 5. The summed E-state index contributed by atoms with van der Waals surface area (Å²) in [6.07, 6.45) is 7.16. The van der Waals surface area contributed by atoms with Crippen molar-refractivity contribution in [2.24, 2.45) is 5.41 Å². The molecule has 6 heteroatoms. The molecule has 1 aliphatic carbocycles. The molecule has 3 heterocycles. The van der Waals surface area contributed by atoms with Crippen LogP contribution in [0.25, 0.3) is 0 Å². The minimum Gasteiger partial charge on any atom is -0.441 e. The number of aromatic nitrogens is 1. The Morgan fingerprint density at radius 1 is 1.06 bits per heavy atom. The molecular formula is C27H35N3O3. The number of aliphatic hydroxyl groups is 1. The first kappa shape index (κ1) is 22.4. The van der Waals surface area contributed by atoms with E-state index in [1.165, 1.54) is 5.56 Å². The summed E-state index contributed by atoms with van der Waals surface area (Å²) in [6, 6.07) is 10.2. The van der Waals surface area contributed by atoms with E-state index in [4.69, 9.17) is 4.74 Å². The minimum absolute atomic E-state index is 0.310. The second-order valence-electron chi connectivity index (χ2n) is 11.0. The molecule has 5 rings (SSSR count). The van der Waals surface area contributed by atoms with E-state index in [2.05, 4.69) is 49.8 Å². The van der Waals surface area contributed by atoms with Gasteiger partial charge in [-0.05, 0) is 55.8 Å². The van der Waals surface area contributed by atoms with E-state index in [-0.39, 0.29) is 17.1 Å². The highest BCUT2D eigenvalue weighted by Crippen LogP contribution is 2.51. The van der Waals surface area contributed by atoms with Gasteiger partial charge in [0.25, 0.3) is 0 Å². The van der Waals surface area contributed by atoms with Crippen LogP contribution in [0.2, 0.25) is 0 Å². The fourth-order valence-corrected chi connectivity index (χ4v) is 6.22. The van der Waals surface area contributed by atoms with E-state index < -0.39 is 5.60 Å². The fraction of sp³-hybridized carbons (Fsp3) is 0.556. The van der Waals surface area contributed by atoms with Gasteiger partial charge in [0.15, 0.2) is 0 Å². The molecule has 33 heavy (non-hydrogen) atoms. The second kappa shape index (κ2) is 7.81. The lowest BCUT2D eigenvalue weighted by molar-refractivity contribution is -0.127. The number of nitrogens with zero attached hydrogens (tertiary/aromatic N) is 3. The number of carbonyl (C=O) groups excluding carboxylic acids is 1. The van der Waals surface area contributed by atoms with Crippen LogP contribution in [0.15, 0.2) is 42.7 Å². The maximum absolute atomic E-state index is 12.8. The summed E-state index contributed by atoms with van der Waals surface area (Å²) in [5, 5.41) is 12.4. The number of amides is 1. The summed E-state index contributed by atoms with van der Waals surface area (Å²) in [4.78, 5) is 21.2. The maximum atomic E-state index is 12.8. The molecule has 3 aliphatic rings. The summed E-state index contributed by atoms with van der Waals surface area (Å²) in [6.45, 7) is 8.57. The molecular weight excluding hydrogens is 414 g/mol. The summed E-state index contributed by atoms with van der Waals surface area (Å²) in [7, 11) is 2.07. The predicted molar refractivity (Wildman–Crippen MR) is 128 cm³/mol. The van der Waals surface area contributed by atoms with E-state index in [0.29, 0.717) is 23.7 Å². The third-order valence-corrected chi connectivity index (χ3v) is 8.04.